The Bertz CT molecular complexity index is 909. The van der Waals surface area contributed by atoms with E-state index in [1.165, 1.54) is 7.11 Å². The predicted octanol–water partition coefficient (Wildman–Crippen LogP) is 5.60. The molecule has 3 rings (SSSR count). The van der Waals surface area contributed by atoms with E-state index in [9.17, 15) is 4.79 Å². The highest BCUT2D eigenvalue weighted by Crippen LogP contribution is 2.30. The molecule has 0 heterocycles. The third-order valence-corrected chi connectivity index (χ3v) is 4.46. The summed E-state index contributed by atoms with van der Waals surface area (Å²) in [7, 11) is 1.35. The zero-order chi connectivity index (χ0) is 18.5. The maximum absolute atomic E-state index is 11.9. The van der Waals surface area contributed by atoms with Crippen molar-refractivity contribution in [3.05, 3.63) is 100 Å². The second kappa shape index (κ2) is 7.98. The molecular weight excluding hydrogens is 346 g/mol. The van der Waals surface area contributed by atoms with Gasteiger partial charge in [-0.3, -0.25) is 0 Å². The number of halogens is 1. The maximum atomic E-state index is 11.9. The lowest BCUT2D eigenvalue weighted by Crippen LogP contribution is -2.04. The number of nitrogens with zero attached hydrogens (tertiary/aromatic N) is 1. The molecule has 0 amide bonds. The van der Waals surface area contributed by atoms with Crippen LogP contribution in [0.1, 0.15) is 27.0 Å². The Morgan fingerprint density at radius 2 is 1.42 bits per heavy atom. The number of ether oxygens (including phenoxy) is 1. The molecule has 0 atom stereocenters. The normalized spacial score (nSPS) is 10.3. The summed E-state index contributed by atoms with van der Waals surface area (Å²) in [5.74, 6) is -0.440. The van der Waals surface area contributed by atoms with Gasteiger partial charge in [-0.25, -0.2) is 9.79 Å². The lowest BCUT2D eigenvalue weighted by atomic mass is 10.0. The van der Waals surface area contributed by atoms with Crippen molar-refractivity contribution in [3.63, 3.8) is 0 Å². The summed E-state index contributed by atoms with van der Waals surface area (Å²) in [5.41, 5.74) is 4.61. The number of carbonyl (C=O) groups is 1. The first kappa shape index (κ1) is 17.9. The molecule has 0 aliphatic rings. The highest BCUT2D eigenvalue weighted by atomic mass is 35.5. The standard InChI is InChI=1S/C22H18ClNO2/c1-15-19(23)13-18(22(25)26-2)14-20(15)24-21(16-9-5-3-6-10-16)17-11-7-4-8-12-17/h3-14H,1-2H3. The molecule has 0 spiro atoms. The summed E-state index contributed by atoms with van der Waals surface area (Å²) in [6, 6.07) is 23.2. The Kier molecular flexibility index (Phi) is 5.49. The van der Waals surface area contributed by atoms with Crippen LogP contribution >= 0.6 is 11.6 Å². The molecule has 0 aromatic heterocycles. The predicted molar refractivity (Wildman–Crippen MR) is 106 cm³/mol. The summed E-state index contributed by atoms with van der Waals surface area (Å²) in [6.07, 6.45) is 0. The van der Waals surface area contributed by atoms with Gasteiger partial charge in [-0.15, -0.1) is 0 Å². The number of hydrogen-bond donors (Lipinski definition) is 0. The van der Waals surface area contributed by atoms with Crippen LogP contribution in [0.15, 0.2) is 77.8 Å². The zero-order valence-corrected chi connectivity index (χ0v) is 15.3. The van der Waals surface area contributed by atoms with Gasteiger partial charge in [0, 0.05) is 16.1 Å². The summed E-state index contributed by atoms with van der Waals surface area (Å²) in [5, 5.41) is 0.479. The van der Waals surface area contributed by atoms with Crippen LogP contribution in [0.25, 0.3) is 0 Å². The van der Waals surface area contributed by atoms with E-state index in [0.29, 0.717) is 16.3 Å². The summed E-state index contributed by atoms with van der Waals surface area (Å²) in [6.45, 7) is 1.88. The van der Waals surface area contributed by atoms with Crippen molar-refractivity contribution in [2.75, 3.05) is 7.11 Å². The zero-order valence-electron chi connectivity index (χ0n) is 14.6. The van der Waals surface area contributed by atoms with Crippen LogP contribution in [0.4, 0.5) is 5.69 Å². The SMILES string of the molecule is COC(=O)c1cc(Cl)c(C)c(N=C(c2ccccc2)c2ccccc2)c1. The smallest absolute Gasteiger partial charge is 0.337 e. The molecule has 0 fully saturated rings. The third kappa shape index (κ3) is 3.84. The molecular formula is C22H18ClNO2. The number of methoxy groups -OCH3 is 1. The van der Waals surface area contributed by atoms with Crippen molar-refractivity contribution in [3.8, 4) is 0 Å². The van der Waals surface area contributed by atoms with Crippen molar-refractivity contribution in [1.29, 1.82) is 0 Å². The first-order valence-corrected chi connectivity index (χ1v) is 8.56. The van der Waals surface area contributed by atoms with Crippen LogP contribution in [0.2, 0.25) is 5.02 Å². The molecule has 0 aliphatic carbocycles. The Hall–Kier alpha value is -2.91. The third-order valence-electron chi connectivity index (χ3n) is 4.06. The highest BCUT2D eigenvalue weighted by molar-refractivity contribution is 6.32. The number of hydrogen-bond acceptors (Lipinski definition) is 3. The van der Waals surface area contributed by atoms with Crippen molar-refractivity contribution in [2.45, 2.75) is 6.92 Å². The molecule has 3 aromatic carbocycles. The van der Waals surface area contributed by atoms with Gasteiger partial charge in [0.15, 0.2) is 0 Å². The monoisotopic (exact) mass is 363 g/mol. The molecule has 0 aliphatic heterocycles. The number of benzene rings is 3. The van der Waals surface area contributed by atoms with Gasteiger partial charge in [-0.2, -0.15) is 0 Å². The lowest BCUT2D eigenvalue weighted by Gasteiger charge is -2.11. The largest absolute Gasteiger partial charge is 0.465 e. The molecule has 0 N–H and O–H groups in total. The van der Waals surface area contributed by atoms with Crippen LogP contribution < -0.4 is 0 Å². The molecule has 0 bridgehead atoms. The van der Waals surface area contributed by atoms with Crippen molar-refractivity contribution in [2.24, 2.45) is 4.99 Å². The lowest BCUT2D eigenvalue weighted by molar-refractivity contribution is 0.0601. The topological polar surface area (TPSA) is 38.7 Å². The molecule has 3 nitrogen and oxygen atoms in total. The van der Waals surface area contributed by atoms with E-state index in [2.05, 4.69) is 0 Å². The van der Waals surface area contributed by atoms with Gasteiger partial charge >= 0.3 is 5.97 Å². The molecule has 130 valence electrons. The first-order valence-electron chi connectivity index (χ1n) is 8.18. The molecule has 4 heteroatoms. The van der Waals surface area contributed by atoms with Gasteiger partial charge in [0.1, 0.15) is 0 Å². The van der Waals surface area contributed by atoms with Gasteiger partial charge in [-0.1, -0.05) is 72.3 Å². The fourth-order valence-corrected chi connectivity index (χ4v) is 2.84. The van der Waals surface area contributed by atoms with Crippen molar-refractivity contribution in [1.82, 2.24) is 0 Å². The second-order valence-corrected chi connectivity index (χ2v) is 6.19. The van der Waals surface area contributed by atoms with Gasteiger partial charge < -0.3 is 4.74 Å². The highest BCUT2D eigenvalue weighted by Gasteiger charge is 2.13. The van der Waals surface area contributed by atoms with E-state index in [1.807, 2.05) is 67.6 Å². The fourth-order valence-electron chi connectivity index (χ4n) is 2.62. The van der Waals surface area contributed by atoms with E-state index in [-0.39, 0.29) is 0 Å². The van der Waals surface area contributed by atoms with E-state index in [0.717, 1.165) is 22.4 Å². The summed E-state index contributed by atoms with van der Waals surface area (Å²) in [4.78, 5) is 16.8. The van der Waals surface area contributed by atoms with Gasteiger partial charge in [-0.05, 0) is 24.6 Å². The Morgan fingerprint density at radius 3 is 1.92 bits per heavy atom. The van der Waals surface area contributed by atoms with Crippen LogP contribution in [0.5, 0.6) is 0 Å². The first-order chi connectivity index (χ1) is 12.6. The van der Waals surface area contributed by atoms with E-state index < -0.39 is 5.97 Å². The number of rotatable bonds is 4. The average Bonchev–Trinajstić information content (AvgIpc) is 2.69. The van der Waals surface area contributed by atoms with E-state index in [4.69, 9.17) is 21.3 Å². The molecule has 0 saturated heterocycles. The minimum absolute atomic E-state index is 0.377. The minimum Gasteiger partial charge on any atom is -0.465 e. The van der Waals surface area contributed by atoms with Crippen molar-refractivity contribution >= 4 is 29.0 Å². The molecule has 26 heavy (non-hydrogen) atoms. The molecule has 3 aromatic rings. The fraction of sp³-hybridized carbons (Fsp3) is 0.0909. The molecule has 0 saturated carbocycles. The van der Waals surface area contributed by atoms with Crippen LogP contribution in [-0.2, 0) is 4.74 Å². The number of esters is 1. The van der Waals surface area contributed by atoms with E-state index >= 15 is 0 Å². The van der Waals surface area contributed by atoms with Crippen LogP contribution in [0.3, 0.4) is 0 Å². The molecule has 0 unspecified atom stereocenters. The second-order valence-electron chi connectivity index (χ2n) is 5.79. The number of aliphatic imine (C=N–C) groups is 1. The van der Waals surface area contributed by atoms with Crippen LogP contribution in [-0.4, -0.2) is 18.8 Å². The van der Waals surface area contributed by atoms with Crippen molar-refractivity contribution < 1.29 is 9.53 Å². The Labute approximate surface area is 157 Å². The maximum Gasteiger partial charge on any atom is 0.337 e. The van der Waals surface area contributed by atoms with Gasteiger partial charge in [0.25, 0.3) is 0 Å². The Morgan fingerprint density at radius 1 is 0.885 bits per heavy atom. The average molecular weight is 364 g/mol. The Balaban J connectivity index is 2.21. The van der Waals surface area contributed by atoms with Gasteiger partial charge in [0.05, 0.1) is 24.1 Å². The molecule has 0 radical (unpaired) electrons. The number of carbonyl (C=O) groups excluding carboxylic acids is 1. The van der Waals surface area contributed by atoms with Crippen LogP contribution in [0, 0.1) is 6.92 Å². The summed E-state index contributed by atoms with van der Waals surface area (Å²) >= 11 is 6.32. The van der Waals surface area contributed by atoms with Gasteiger partial charge in [0.2, 0.25) is 0 Å². The minimum atomic E-state index is -0.440. The quantitative estimate of drug-likeness (QED) is 0.446. The van der Waals surface area contributed by atoms with E-state index in [1.54, 1.807) is 12.1 Å². The summed E-state index contributed by atoms with van der Waals surface area (Å²) < 4.78 is 4.81.